The van der Waals surface area contributed by atoms with Crippen LogP contribution in [-0.4, -0.2) is 40.5 Å². The summed E-state index contributed by atoms with van der Waals surface area (Å²) >= 11 is 2.97. The van der Waals surface area contributed by atoms with Gasteiger partial charge in [-0.05, 0) is 28.3 Å². The molecular weight excluding hydrogens is 340 g/mol. The second-order valence-electron chi connectivity index (χ2n) is 4.45. The molecule has 0 bridgehead atoms. The summed E-state index contributed by atoms with van der Waals surface area (Å²) < 4.78 is 27.5. The molecule has 0 saturated heterocycles. The summed E-state index contributed by atoms with van der Waals surface area (Å²) in [6.45, 7) is 3.62. The number of carboxylic acid groups (broad SMARTS) is 1. The van der Waals surface area contributed by atoms with E-state index in [4.69, 9.17) is 5.11 Å². The van der Waals surface area contributed by atoms with Crippen molar-refractivity contribution in [2.45, 2.75) is 31.3 Å². The summed E-state index contributed by atoms with van der Waals surface area (Å²) in [4.78, 5) is 11.1. The first-order valence-electron chi connectivity index (χ1n) is 5.45. The van der Waals surface area contributed by atoms with E-state index in [1.165, 1.54) is 7.05 Å². The summed E-state index contributed by atoms with van der Waals surface area (Å²) in [7, 11) is -2.60. The molecule has 0 aliphatic rings. The van der Waals surface area contributed by atoms with E-state index < -0.39 is 22.0 Å². The van der Waals surface area contributed by atoms with E-state index in [0.717, 1.165) is 4.68 Å². The molecule has 8 nitrogen and oxygen atoms in total. The van der Waals surface area contributed by atoms with E-state index in [2.05, 4.69) is 31.0 Å². The van der Waals surface area contributed by atoms with Gasteiger partial charge in [0.15, 0.2) is 4.60 Å². The fourth-order valence-electron chi connectivity index (χ4n) is 1.52. The van der Waals surface area contributed by atoms with E-state index in [1.807, 2.05) is 13.8 Å². The minimum atomic E-state index is -4.01. The number of sulfonamides is 1. The van der Waals surface area contributed by atoms with Crippen LogP contribution in [0.1, 0.15) is 20.3 Å². The third kappa shape index (κ3) is 3.98. The Labute approximate surface area is 119 Å². The van der Waals surface area contributed by atoms with Gasteiger partial charge in [-0.15, -0.1) is 5.10 Å². The highest BCUT2D eigenvalue weighted by molar-refractivity contribution is 9.10. The highest BCUT2D eigenvalue weighted by atomic mass is 79.9. The lowest BCUT2D eigenvalue weighted by atomic mass is 10.1. The number of carboxylic acids is 1. The van der Waals surface area contributed by atoms with Gasteiger partial charge in [0.05, 0.1) is 0 Å². The lowest BCUT2D eigenvalue weighted by molar-refractivity contribution is -0.139. The number of aromatic nitrogens is 3. The monoisotopic (exact) mass is 354 g/mol. The third-order valence-electron chi connectivity index (χ3n) is 2.29. The van der Waals surface area contributed by atoms with Crippen molar-refractivity contribution in [3.63, 3.8) is 0 Å². The summed E-state index contributed by atoms with van der Waals surface area (Å²) in [6.07, 6.45) is 0.192. The number of halogens is 1. The van der Waals surface area contributed by atoms with E-state index in [9.17, 15) is 13.2 Å². The maximum Gasteiger partial charge on any atom is 0.321 e. The van der Waals surface area contributed by atoms with Gasteiger partial charge in [0.2, 0.25) is 5.03 Å². The molecule has 1 heterocycles. The first kappa shape index (κ1) is 16.1. The number of carbonyl (C=O) groups is 1. The SMILES string of the molecule is CC(C)C[C@@H](NS(=O)(=O)c1c(Br)nnn1C)C(=O)O. The number of nitrogens with one attached hydrogen (secondary N) is 1. The fourth-order valence-corrected chi connectivity index (χ4v) is 3.82. The van der Waals surface area contributed by atoms with Crippen LogP contribution in [-0.2, 0) is 21.9 Å². The first-order valence-corrected chi connectivity index (χ1v) is 7.73. The van der Waals surface area contributed by atoms with E-state index in [-0.39, 0.29) is 22.0 Å². The molecule has 0 unspecified atom stereocenters. The molecule has 0 aliphatic heterocycles. The summed E-state index contributed by atoms with van der Waals surface area (Å²) in [5, 5.41) is 15.9. The van der Waals surface area contributed by atoms with E-state index in [0.29, 0.717) is 0 Å². The van der Waals surface area contributed by atoms with Gasteiger partial charge in [0, 0.05) is 7.05 Å². The highest BCUT2D eigenvalue weighted by Crippen LogP contribution is 2.18. The molecule has 2 N–H and O–H groups in total. The zero-order valence-electron chi connectivity index (χ0n) is 10.7. The van der Waals surface area contributed by atoms with E-state index >= 15 is 0 Å². The summed E-state index contributed by atoms with van der Waals surface area (Å²) in [5.74, 6) is -1.18. The maximum absolute atomic E-state index is 12.1. The molecule has 0 aliphatic carbocycles. The summed E-state index contributed by atoms with van der Waals surface area (Å²) in [6, 6.07) is -1.19. The van der Waals surface area contributed by atoms with Crippen molar-refractivity contribution in [3.05, 3.63) is 4.60 Å². The Hall–Kier alpha value is -1.00. The fraction of sp³-hybridized carbons (Fsp3) is 0.667. The molecule has 1 atom stereocenters. The van der Waals surface area contributed by atoms with Crippen molar-refractivity contribution in [2.24, 2.45) is 13.0 Å². The van der Waals surface area contributed by atoms with Crippen LogP contribution in [0.15, 0.2) is 9.63 Å². The van der Waals surface area contributed by atoms with Crippen LogP contribution in [0.4, 0.5) is 0 Å². The smallest absolute Gasteiger partial charge is 0.321 e. The van der Waals surface area contributed by atoms with Crippen LogP contribution in [0, 0.1) is 5.92 Å². The average Bonchev–Trinajstić information content (AvgIpc) is 2.56. The number of aliphatic carboxylic acids is 1. The largest absolute Gasteiger partial charge is 0.480 e. The molecule has 0 amide bonds. The van der Waals surface area contributed by atoms with Crippen LogP contribution in [0.2, 0.25) is 0 Å². The van der Waals surface area contributed by atoms with Gasteiger partial charge in [0.1, 0.15) is 6.04 Å². The number of rotatable bonds is 6. The topological polar surface area (TPSA) is 114 Å². The van der Waals surface area contributed by atoms with Crippen molar-refractivity contribution in [1.29, 1.82) is 0 Å². The Morgan fingerprint density at radius 2 is 2.11 bits per heavy atom. The van der Waals surface area contributed by atoms with Crippen molar-refractivity contribution in [1.82, 2.24) is 19.7 Å². The van der Waals surface area contributed by atoms with Crippen molar-refractivity contribution < 1.29 is 18.3 Å². The van der Waals surface area contributed by atoms with Crippen LogP contribution in [0.5, 0.6) is 0 Å². The minimum absolute atomic E-state index is 0.0381. The third-order valence-corrected chi connectivity index (χ3v) is 4.65. The average molecular weight is 355 g/mol. The molecular formula is C9H15BrN4O4S. The van der Waals surface area contributed by atoms with Crippen LogP contribution >= 0.6 is 15.9 Å². The van der Waals surface area contributed by atoms with Gasteiger partial charge in [0.25, 0.3) is 10.0 Å². The normalized spacial score (nSPS) is 13.7. The summed E-state index contributed by atoms with van der Waals surface area (Å²) in [5.41, 5.74) is 0. The molecule has 1 aromatic rings. The second kappa shape index (κ2) is 5.97. The van der Waals surface area contributed by atoms with Crippen molar-refractivity contribution in [3.8, 4) is 0 Å². The Morgan fingerprint density at radius 1 is 1.53 bits per heavy atom. The molecule has 19 heavy (non-hydrogen) atoms. The number of nitrogens with zero attached hydrogens (tertiary/aromatic N) is 3. The van der Waals surface area contributed by atoms with Gasteiger partial charge in [-0.2, -0.15) is 4.72 Å². The predicted octanol–water partition coefficient (Wildman–Crippen LogP) is 0.355. The van der Waals surface area contributed by atoms with E-state index in [1.54, 1.807) is 0 Å². The Balaban J connectivity index is 3.05. The second-order valence-corrected chi connectivity index (χ2v) is 6.83. The first-order chi connectivity index (χ1) is 8.65. The molecule has 1 rings (SSSR count). The molecule has 0 radical (unpaired) electrons. The van der Waals surface area contributed by atoms with Gasteiger partial charge >= 0.3 is 5.97 Å². The molecule has 0 spiro atoms. The highest BCUT2D eigenvalue weighted by Gasteiger charge is 2.30. The molecule has 0 saturated carbocycles. The Morgan fingerprint density at radius 3 is 2.47 bits per heavy atom. The minimum Gasteiger partial charge on any atom is -0.480 e. The van der Waals surface area contributed by atoms with Crippen molar-refractivity contribution >= 4 is 31.9 Å². The molecule has 108 valence electrons. The van der Waals surface area contributed by atoms with Gasteiger partial charge < -0.3 is 5.11 Å². The van der Waals surface area contributed by atoms with Gasteiger partial charge in [-0.3, -0.25) is 4.79 Å². The zero-order valence-corrected chi connectivity index (χ0v) is 13.1. The predicted molar refractivity (Wildman–Crippen MR) is 69.9 cm³/mol. The lowest BCUT2D eigenvalue weighted by Crippen LogP contribution is -2.42. The van der Waals surface area contributed by atoms with Crippen LogP contribution < -0.4 is 4.72 Å². The number of hydrogen-bond acceptors (Lipinski definition) is 5. The number of aryl methyl sites for hydroxylation is 1. The Kier molecular flexibility index (Phi) is 5.04. The zero-order chi connectivity index (χ0) is 14.8. The van der Waals surface area contributed by atoms with Crippen LogP contribution in [0.25, 0.3) is 0 Å². The standard InChI is InChI=1S/C9H15BrN4O4S/c1-5(2)4-6(9(15)16)12-19(17,18)8-7(10)11-13-14(8)3/h5-6,12H,4H2,1-3H3,(H,15,16)/t6-/m1/s1. The Bertz CT molecular complexity index is 549. The quantitative estimate of drug-likeness (QED) is 0.761. The van der Waals surface area contributed by atoms with Crippen molar-refractivity contribution in [2.75, 3.05) is 0 Å². The van der Waals surface area contributed by atoms with Gasteiger partial charge in [-0.25, -0.2) is 13.1 Å². The molecule has 0 aromatic carbocycles. The molecule has 10 heteroatoms. The van der Waals surface area contributed by atoms with Gasteiger partial charge in [-0.1, -0.05) is 19.1 Å². The lowest BCUT2D eigenvalue weighted by Gasteiger charge is -2.16. The molecule has 0 fully saturated rings. The maximum atomic E-state index is 12.1. The van der Waals surface area contributed by atoms with Crippen LogP contribution in [0.3, 0.4) is 0 Å². The molecule has 1 aromatic heterocycles. The number of hydrogen-bond donors (Lipinski definition) is 2.